The molecule has 4 rings (SSSR count). The minimum Gasteiger partial charge on any atom is -0.481 e. The van der Waals surface area contributed by atoms with Crippen molar-refractivity contribution < 1.29 is 19.5 Å². The first-order valence-electron chi connectivity index (χ1n) is 8.24. The second-order valence-electron chi connectivity index (χ2n) is 6.89. The molecule has 0 saturated carbocycles. The Morgan fingerprint density at radius 3 is 2.69 bits per heavy atom. The summed E-state index contributed by atoms with van der Waals surface area (Å²) in [5.41, 5.74) is -0.780. The van der Waals surface area contributed by atoms with Gasteiger partial charge in [-0.05, 0) is 6.07 Å². The second kappa shape index (κ2) is 5.42. The van der Waals surface area contributed by atoms with E-state index in [4.69, 9.17) is 0 Å². The quantitative estimate of drug-likeness (QED) is 0.776. The van der Waals surface area contributed by atoms with Crippen LogP contribution < -0.4 is 10.9 Å². The summed E-state index contributed by atoms with van der Waals surface area (Å²) in [7, 11) is 1.63. The summed E-state index contributed by atoms with van der Waals surface area (Å²) in [5, 5.41) is 12.8. The molecule has 0 unspecified atom stereocenters. The van der Waals surface area contributed by atoms with E-state index in [9.17, 15) is 24.3 Å². The zero-order valence-corrected chi connectivity index (χ0v) is 14.1. The van der Waals surface area contributed by atoms with Crippen LogP contribution in [0.4, 0.5) is 0 Å². The Balaban J connectivity index is 1.78. The van der Waals surface area contributed by atoms with Gasteiger partial charge in [-0.3, -0.25) is 19.2 Å². The molecule has 8 heteroatoms. The van der Waals surface area contributed by atoms with Gasteiger partial charge in [0.25, 0.3) is 11.5 Å². The van der Waals surface area contributed by atoms with Crippen LogP contribution >= 0.6 is 0 Å². The summed E-state index contributed by atoms with van der Waals surface area (Å²) in [6.07, 6.45) is 0. The maximum Gasteiger partial charge on any atom is 0.314 e. The molecule has 2 aliphatic rings. The second-order valence-corrected chi connectivity index (χ2v) is 6.89. The van der Waals surface area contributed by atoms with Crippen molar-refractivity contribution in [3.8, 4) is 0 Å². The average Bonchev–Trinajstić information content (AvgIpc) is 3.16. The third kappa shape index (κ3) is 2.08. The number of carbonyl (C=O) groups is 3. The average molecular weight is 355 g/mol. The third-order valence-corrected chi connectivity index (χ3v) is 5.54. The first kappa shape index (κ1) is 16.3. The lowest BCUT2D eigenvalue weighted by Crippen LogP contribution is -2.41. The molecule has 2 atom stereocenters. The van der Waals surface area contributed by atoms with Gasteiger partial charge >= 0.3 is 5.97 Å². The number of carbonyl (C=O) groups excluding carboxylic acids is 2. The zero-order chi connectivity index (χ0) is 18.6. The summed E-state index contributed by atoms with van der Waals surface area (Å²) in [4.78, 5) is 50.5. The number of nitrogens with one attached hydrogen (secondary N) is 1. The number of aryl methyl sites for hydroxylation is 1. The van der Waals surface area contributed by atoms with Crippen LogP contribution in [0.5, 0.6) is 0 Å². The van der Waals surface area contributed by atoms with Gasteiger partial charge in [0, 0.05) is 38.1 Å². The van der Waals surface area contributed by atoms with Crippen LogP contribution in [0.25, 0.3) is 10.9 Å². The molecule has 0 spiro atoms. The fraction of sp³-hybridized carbons (Fsp3) is 0.333. The maximum absolute atomic E-state index is 13.1. The number of aromatic nitrogens is 1. The molecule has 1 aromatic heterocycles. The smallest absolute Gasteiger partial charge is 0.314 e. The van der Waals surface area contributed by atoms with Crippen LogP contribution in [0, 0.1) is 11.3 Å². The Morgan fingerprint density at radius 1 is 1.27 bits per heavy atom. The largest absolute Gasteiger partial charge is 0.481 e. The van der Waals surface area contributed by atoms with Crippen molar-refractivity contribution >= 4 is 28.7 Å². The van der Waals surface area contributed by atoms with Crippen molar-refractivity contribution in [2.45, 2.75) is 0 Å². The van der Waals surface area contributed by atoms with E-state index < -0.39 is 23.2 Å². The highest BCUT2D eigenvalue weighted by Gasteiger charge is 2.60. The number of pyridine rings is 1. The van der Waals surface area contributed by atoms with E-state index in [0.29, 0.717) is 10.9 Å². The van der Waals surface area contributed by atoms with E-state index >= 15 is 0 Å². The fourth-order valence-electron chi connectivity index (χ4n) is 4.00. The van der Waals surface area contributed by atoms with Gasteiger partial charge in [-0.1, -0.05) is 18.2 Å². The van der Waals surface area contributed by atoms with Crippen molar-refractivity contribution in [1.82, 2.24) is 14.8 Å². The topological polar surface area (TPSA) is 109 Å². The molecular weight excluding hydrogens is 338 g/mol. The Morgan fingerprint density at radius 2 is 2.00 bits per heavy atom. The summed E-state index contributed by atoms with van der Waals surface area (Å²) >= 11 is 0. The fourth-order valence-corrected chi connectivity index (χ4v) is 4.00. The first-order chi connectivity index (χ1) is 12.3. The van der Waals surface area contributed by atoms with Gasteiger partial charge < -0.3 is 19.9 Å². The molecule has 134 valence electrons. The number of para-hydroxylation sites is 1. The molecule has 2 N–H and O–H groups in total. The van der Waals surface area contributed by atoms with E-state index in [1.54, 1.807) is 31.3 Å². The molecule has 2 saturated heterocycles. The molecule has 3 heterocycles. The Bertz CT molecular complexity index is 1030. The van der Waals surface area contributed by atoms with Crippen molar-refractivity contribution in [3.05, 3.63) is 46.2 Å². The minimum absolute atomic E-state index is 0.00686. The predicted octanol–water partition coefficient (Wildman–Crippen LogP) is -0.189. The molecule has 26 heavy (non-hydrogen) atoms. The molecule has 0 radical (unpaired) electrons. The number of carboxylic acid groups (broad SMARTS) is 1. The number of rotatable bonds is 2. The number of benzene rings is 1. The van der Waals surface area contributed by atoms with Crippen LogP contribution in [0.3, 0.4) is 0 Å². The van der Waals surface area contributed by atoms with Crippen molar-refractivity contribution in [3.63, 3.8) is 0 Å². The molecule has 8 nitrogen and oxygen atoms in total. The highest BCUT2D eigenvalue weighted by Crippen LogP contribution is 2.40. The van der Waals surface area contributed by atoms with E-state index in [1.807, 2.05) is 0 Å². The summed E-state index contributed by atoms with van der Waals surface area (Å²) in [6, 6.07) is 8.32. The van der Waals surface area contributed by atoms with E-state index in [0.717, 1.165) is 0 Å². The SMILES string of the molecule is Cn1c(=O)cc(C(=O)N2C[C@H]3C(=O)NC[C@@]3(C(=O)O)C2)c2ccccc21. The molecule has 2 aliphatic heterocycles. The molecule has 2 aromatic rings. The van der Waals surface area contributed by atoms with E-state index in [2.05, 4.69) is 5.32 Å². The Kier molecular flexibility index (Phi) is 3.40. The van der Waals surface area contributed by atoms with Gasteiger partial charge in [0.05, 0.1) is 17.0 Å². The number of nitrogens with zero attached hydrogens (tertiary/aromatic N) is 2. The number of aliphatic carboxylic acids is 1. The normalized spacial score (nSPS) is 24.6. The van der Waals surface area contributed by atoms with Gasteiger partial charge in [-0.2, -0.15) is 0 Å². The van der Waals surface area contributed by atoms with Crippen LogP contribution in [0.2, 0.25) is 0 Å². The van der Waals surface area contributed by atoms with Gasteiger partial charge in [0.2, 0.25) is 5.91 Å². The zero-order valence-electron chi connectivity index (χ0n) is 14.1. The number of carboxylic acids is 1. The number of amides is 2. The van der Waals surface area contributed by atoms with Gasteiger partial charge in [0.15, 0.2) is 0 Å². The molecule has 0 bridgehead atoms. The Hall–Kier alpha value is -3.16. The highest BCUT2D eigenvalue weighted by atomic mass is 16.4. The van der Waals surface area contributed by atoms with Crippen LogP contribution in [0.15, 0.2) is 35.1 Å². The molecule has 1 aromatic carbocycles. The lowest BCUT2D eigenvalue weighted by atomic mass is 9.81. The lowest BCUT2D eigenvalue weighted by Gasteiger charge is -2.22. The summed E-state index contributed by atoms with van der Waals surface area (Å²) in [5.74, 6) is -2.65. The van der Waals surface area contributed by atoms with Gasteiger partial charge in [0.1, 0.15) is 5.41 Å². The number of fused-ring (bicyclic) bond motifs is 2. The number of likely N-dealkylation sites (tertiary alicyclic amines) is 1. The van der Waals surface area contributed by atoms with Crippen molar-refractivity contribution in [1.29, 1.82) is 0 Å². The van der Waals surface area contributed by atoms with Gasteiger partial charge in [-0.15, -0.1) is 0 Å². The highest BCUT2D eigenvalue weighted by molar-refractivity contribution is 6.07. The van der Waals surface area contributed by atoms with Crippen molar-refractivity contribution in [2.75, 3.05) is 19.6 Å². The summed E-state index contributed by atoms with van der Waals surface area (Å²) < 4.78 is 1.46. The van der Waals surface area contributed by atoms with Crippen LogP contribution in [-0.4, -0.2) is 52.0 Å². The number of hydrogen-bond acceptors (Lipinski definition) is 4. The number of hydrogen-bond donors (Lipinski definition) is 2. The van der Waals surface area contributed by atoms with Crippen LogP contribution in [-0.2, 0) is 16.6 Å². The standard InChI is InChI=1S/C18H17N3O5/c1-20-13-5-3-2-4-10(13)11(6-14(20)22)16(24)21-7-12-15(23)19-8-18(12,9-21)17(25)26/h2-6,12H,7-9H2,1H3,(H,19,23)(H,25,26)/t12-,18+/m0/s1. The van der Waals surface area contributed by atoms with Crippen LogP contribution in [0.1, 0.15) is 10.4 Å². The molecular formula is C18H17N3O5. The molecule has 2 amide bonds. The first-order valence-corrected chi connectivity index (χ1v) is 8.24. The monoisotopic (exact) mass is 355 g/mol. The summed E-state index contributed by atoms with van der Waals surface area (Å²) in [6.45, 7) is -0.0263. The van der Waals surface area contributed by atoms with E-state index in [-0.39, 0.29) is 36.7 Å². The maximum atomic E-state index is 13.1. The minimum atomic E-state index is -1.30. The predicted molar refractivity (Wildman–Crippen MR) is 91.7 cm³/mol. The third-order valence-electron chi connectivity index (χ3n) is 5.54. The van der Waals surface area contributed by atoms with E-state index in [1.165, 1.54) is 15.5 Å². The molecule has 0 aliphatic carbocycles. The Labute approximate surface area is 148 Å². The van der Waals surface area contributed by atoms with Crippen molar-refractivity contribution in [2.24, 2.45) is 18.4 Å². The lowest BCUT2D eigenvalue weighted by molar-refractivity contribution is -0.149. The van der Waals surface area contributed by atoms with Gasteiger partial charge in [-0.25, -0.2) is 0 Å². The molecule has 2 fully saturated rings.